The molecule has 7 heteroatoms. The Bertz CT molecular complexity index is 281. The van der Waals surface area contributed by atoms with Crippen molar-refractivity contribution in [1.82, 2.24) is 10.1 Å². The number of hydroxylamine groups is 2. The molecule has 0 aromatic rings. The third kappa shape index (κ3) is 1.69. The molecule has 1 saturated heterocycles. The zero-order chi connectivity index (χ0) is 11.6. The molecule has 86 valence electrons. The highest BCUT2D eigenvalue weighted by Gasteiger charge is 2.56. The van der Waals surface area contributed by atoms with Crippen LogP contribution in [0, 0.1) is 0 Å². The maximum atomic E-state index is 11.9. The molecule has 0 radical (unpaired) electrons. The number of nitrogens with zero attached hydrogens (tertiary/aromatic N) is 2. The minimum atomic E-state index is -1.54. The van der Waals surface area contributed by atoms with Crippen molar-refractivity contribution in [2.75, 3.05) is 27.8 Å². The van der Waals surface area contributed by atoms with Crippen LogP contribution < -0.4 is 5.73 Å². The monoisotopic (exact) mass is 217 g/mol. The summed E-state index contributed by atoms with van der Waals surface area (Å²) >= 11 is 0. The highest BCUT2D eigenvalue weighted by atomic mass is 17.0. The first-order valence-corrected chi connectivity index (χ1v) is 4.45. The number of nitrogens with two attached hydrogens (primary N) is 1. The molecule has 1 unspecified atom stereocenters. The predicted octanol–water partition coefficient (Wildman–Crippen LogP) is -1.50. The van der Waals surface area contributed by atoms with E-state index in [0.717, 1.165) is 5.23 Å². The lowest BCUT2D eigenvalue weighted by molar-refractivity contribution is -0.354. The molecule has 1 heterocycles. The average molecular weight is 217 g/mol. The van der Waals surface area contributed by atoms with Gasteiger partial charge in [0.15, 0.2) is 0 Å². The third-order valence-corrected chi connectivity index (χ3v) is 2.32. The Morgan fingerprint density at radius 3 is 2.53 bits per heavy atom. The minimum absolute atomic E-state index is 0.188. The van der Waals surface area contributed by atoms with Crippen molar-refractivity contribution in [2.24, 2.45) is 5.73 Å². The molecule has 1 rings (SSSR count). The Morgan fingerprint density at radius 1 is 1.53 bits per heavy atom. The zero-order valence-corrected chi connectivity index (χ0v) is 9.02. The molecule has 0 spiro atoms. The number of rotatable bonds is 3. The van der Waals surface area contributed by atoms with Gasteiger partial charge >= 0.3 is 0 Å². The molecule has 0 bridgehead atoms. The summed E-state index contributed by atoms with van der Waals surface area (Å²) in [6, 6.07) is 0. The van der Waals surface area contributed by atoms with Crippen molar-refractivity contribution < 1.29 is 19.3 Å². The quantitative estimate of drug-likeness (QED) is 0.581. The Balaban J connectivity index is 3.08. The van der Waals surface area contributed by atoms with Crippen LogP contribution in [0.4, 0.5) is 0 Å². The molecule has 1 aliphatic heterocycles. The second-order valence-corrected chi connectivity index (χ2v) is 3.45. The van der Waals surface area contributed by atoms with E-state index in [0.29, 0.717) is 0 Å². The number of hydrogen-bond acceptors (Lipinski definition) is 5. The van der Waals surface area contributed by atoms with E-state index >= 15 is 0 Å². The molecule has 2 N–H and O–H groups in total. The maximum absolute atomic E-state index is 11.9. The number of hydrogen-bond donors (Lipinski definition) is 1. The van der Waals surface area contributed by atoms with Crippen molar-refractivity contribution in [3.8, 4) is 0 Å². The van der Waals surface area contributed by atoms with Gasteiger partial charge < -0.3 is 10.6 Å². The van der Waals surface area contributed by atoms with Gasteiger partial charge in [0.25, 0.3) is 11.8 Å². The molecule has 1 fully saturated rings. The van der Waals surface area contributed by atoms with Crippen LogP contribution >= 0.6 is 0 Å². The van der Waals surface area contributed by atoms with E-state index in [1.807, 2.05) is 0 Å². The van der Waals surface area contributed by atoms with E-state index in [4.69, 9.17) is 15.4 Å². The van der Waals surface area contributed by atoms with Crippen LogP contribution in [0.25, 0.3) is 0 Å². The van der Waals surface area contributed by atoms with Crippen molar-refractivity contribution in [3.05, 3.63) is 0 Å². The number of likely N-dealkylation sites (N-methyl/N-ethyl adjacent to an activating group) is 1. The molecule has 0 saturated carbocycles. The standard InChI is InChI=1S/C8H15N3O4/c1-10(2)7(13)8(6(9)12)4-5-15-11(8)14-3/h4-5H2,1-3H3,(H2,9,12). The molecule has 2 amide bonds. The SMILES string of the molecule is CON1OCCC1(C(N)=O)C(=O)N(C)C. The molecular formula is C8H15N3O4. The fraction of sp³-hybridized carbons (Fsp3) is 0.750. The first kappa shape index (κ1) is 11.9. The summed E-state index contributed by atoms with van der Waals surface area (Å²) in [4.78, 5) is 34.4. The number of primary amides is 1. The summed E-state index contributed by atoms with van der Waals surface area (Å²) in [7, 11) is 4.39. The van der Waals surface area contributed by atoms with Gasteiger partial charge in [0.2, 0.25) is 5.54 Å². The van der Waals surface area contributed by atoms with E-state index < -0.39 is 17.4 Å². The third-order valence-electron chi connectivity index (χ3n) is 2.32. The van der Waals surface area contributed by atoms with Crippen LogP contribution in [-0.4, -0.2) is 55.3 Å². The van der Waals surface area contributed by atoms with Gasteiger partial charge in [-0.25, -0.2) is 0 Å². The average Bonchev–Trinajstić information content (AvgIpc) is 2.60. The minimum Gasteiger partial charge on any atom is -0.367 e. The first-order valence-electron chi connectivity index (χ1n) is 4.45. The number of amides is 2. The van der Waals surface area contributed by atoms with E-state index in [2.05, 4.69) is 0 Å². The summed E-state index contributed by atoms with van der Waals surface area (Å²) in [5.41, 5.74) is 3.71. The normalized spacial score (nSPS) is 26.6. The van der Waals surface area contributed by atoms with Gasteiger partial charge in [-0.1, -0.05) is 0 Å². The van der Waals surface area contributed by atoms with Gasteiger partial charge in [-0.05, 0) is 5.23 Å². The van der Waals surface area contributed by atoms with Gasteiger partial charge in [-0.2, -0.15) is 0 Å². The van der Waals surface area contributed by atoms with E-state index in [1.165, 1.54) is 12.0 Å². The highest BCUT2D eigenvalue weighted by Crippen LogP contribution is 2.28. The second-order valence-electron chi connectivity index (χ2n) is 3.45. The van der Waals surface area contributed by atoms with Crippen molar-refractivity contribution >= 4 is 11.8 Å². The highest BCUT2D eigenvalue weighted by molar-refractivity contribution is 6.08. The Kier molecular flexibility index (Phi) is 3.28. The van der Waals surface area contributed by atoms with Crippen LogP contribution in [0.3, 0.4) is 0 Å². The summed E-state index contributed by atoms with van der Waals surface area (Å²) in [5, 5.41) is 0.873. The van der Waals surface area contributed by atoms with Crippen molar-refractivity contribution in [1.29, 1.82) is 0 Å². The Morgan fingerprint density at radius 2 is 2.13 bits per heavy atom. The predicted molar refractivity (Wildman–Crippen MR) is 50.0 cm³/mol. The largest absolute Gasteiger partial charge is 0.367 e. The van der Waals surface area contributed by atoms with E-state index in [1.54, 1.807) is 14.1 Å². The van der Waals surface area contributed by atoms with Gasteiger partial charge in [0.1, 0.15) is 0 Å². The summed E-state index contributed by atoms with van der Waals surface area (Å²) < 4.78 is 0. The second kappa shape index (κ2) is 4.13. The Labute approximate surface area is 87.6 Å². The molecule has 0 aromatic carbocycles. The number of carbonyl (C=O) groups excluding carboxylic acids is 2. The van der Waals surface area contributed by atoms with Crippen molar-refractivity contribution in [2.45, 2.75) is 12.0 Å². The van der Waals surface area contributed by atoms with Crippen LogP contribution in [0.1, 0.15) is 6.42 Å². The van der Waals surface area contributed by atoms with Gasteiger partial charge in [-0.3, -0.25) is 19.3 Å². The summed E-state index contributed by atoms with van der Waals surface area (Å²) in [5.74, 6) is -1.23. The van der Waals surface area contributed by atoms with Crippen LogP contribution in [0.5, 0.6) is 0 Å². The van der Waals surface area contributed by atoms with E-state index in [9.17, 15) is 9.59 Å². The first-order chi connectivity index (χ1) is 6.96. The zero-order valence-electron chi connectivity index (χ0n) is 9.02. The molecule has 7 nitrogen and oxygen atoms in total. The van der Waals surface area contributed by atoms with Gasteiger partial charge in [0.05, 0.1) is 13.7 Å². The molecule has 0 aliphatic carbocycles. The Hall–Kier alpha value is -1.18. The maximum Gasteiger partial charge on any atom is 0.257 e. The topological polar surface area (TPSA) is 85.1 Å². The lowest BCUT2D eigenvalue weighted by Gasteiger charge is -2.31. The fourth-order valence-electron chi connectivity index (χ4n) is 1.56. The summed E-state index contributed by atoms with van der Waals surface area (Å²) in [6.45, 7) is 0.219. The van der Waals surface area contributed by atoms with Gasteiger partial charge in [0, 0.05) is 20.5 Å². The molecular weight excluding hydrogens is 202 g/mol. The number of carbonyl (C=O) groups is 2. The smallest absolute Gasteiger partial charge is 0.257 e. The lowest BCUT2D eigenvalue weighted by Crippen LogP contribution is -2.62. The van der Waals surface area contributed by atoms with E-state index in [-0.39, 0.29) is 13.0 Å². The van der Waals surface area contributed by atoms with Crippen molar-refractivity contribution in [3.63, 3.8) is 0 Å². The molecule has 0 aromatic heterocycles. The van der Waals surface area contributed by atoms with Crippen LogP contribution in [0.15, 0.2) is 0 Å². The van der Waals surface area contributed by atoms with Gasteiger partial charge in [-0.15, -0.1) is 0 Å². The molecule has 1 atom stereocenters. The molecule has 1 aliphatic rings. The van der Waals surface area contributed by atoms with Crippen LogP contribution in [-0.2, 0) is 19.3 Å². The fourth-order valence-corrected chi connectivity index (χ4v) is 1.56. The lowest BCUT2D eigenvalue weighted by atomic mass is 9.95. The van der Waals surface area contributed by atoms with Crippen LogP contribution in [0.2, 0.25) is 0 Å². The summed E-state index contributed by atoms with van der Waals surface area (Å²) in [6.07, 6.45) is 0.188. The molecule has 15 heavy (non-hydrogen) atoms.